The molecule has 1 aromatic rings. The van der Waals surface area contributed by atoms with Crippen LogP contribution >= 0.6 is 0 Å². The SMILES string of the molecule is Cc1ncn(CCCC(N)=O)c1C. The van der Waals surface area contributed by atoms with Gasteiger partial charge in [-0.1, -0.05) is 0 Å². The zero-order valence-corrected chi connectivity index (χ0v) is 8.08. The fraction of sp³-hybridized carbons (Fsp3) is 0.556. The molecule has 0 bridgehead atoms. The van der Waals surface area contributed by atoms with Crippen molar-refractivity contribution in [1.29, 1.82) is 0 Å². The van der Waals surface area contributed by atoms with Crippen LogP contribution in [0.15, 0.2) is 6.33 Å². The molecule has 1 heterocycles. The highest BCUT2D eigenvalue weighted by molar-refractivity contribution is 5.73. The summed E-state index contributed by atoms with van der Waals surface area (Å²) < 4.78 is 2.04. The quantitative estimate of drug-likeness (QED) is 0.745. The van der Waals surface area contributed by atoms with Gasteiger partial charge in [0.05, 0.1) is 12.0 Å². The average molecular weight is 181 g/mol. The van der Waals surface area contributed by atoms with Crippen LogP contribution < -0.4 is 5.73 Å². The van der Waals surface area contributed by atoms with E-state index in [1.807, 2.05) is 18.4 Å². The third-order valence-corrected chi connectivity index (χ3v) is 2.17. The van der Waals surface area contributed by atoms with E-state index < -0.39 is 0 Å². The van der Waals surface area contributed by atoms with Gasteiger partial charge < -0.3 is 10.3 Å². The number of aryl methyl sites for hydroxylation is 2. The summed E-state index contributed by atoms with van der Waals surface area (Å²) in [5.41, 5.74) is 7.23. The maximum Gasteiger partial charge on any atom is 0.217 e. The van der Waals surface area contributed by atoms with Crippen molar-refractivity contribution in [3.63, 3.8) is 0 Å². The Morgan fingerprint density at radius 2 is 2.31 bits per heavy atom. The number of carbonyl (C=O) groups excluding carboxylic acids is 1. The Kier molecular flexibility index (Phi) is 3.06. The number of rotatable bonds is 4. The van der Waals surface area contributed by atoms with Crippen LogP contribution in [-0.4, -0.2) is 15.5 Å². The summed E-state index contributed by atoms with van der Waals surface area (Å²) in [6.45, 7) is 4.81. The normalized spacial score (nSPS) is 10.3. The number of aromatic nitrogens is 2. The summed E-state index contributed by atoms with van der Waals surface area (Å²) in [4.78, 5) is 14.6. The lowest BCUT2D eigenvalue weighted by Gasteiger charge is -2.03. The molecule has 1 rings (SSSR count). The Morgan fingerprint density at radius 1 is 1.62 bits per heavy atom. The van der Waals surface area contributed by atoms with Crippen LogP contribution in [-0.2, 0) is 11.3 Å². The molecule has 0 atom stereocenters. The van der Waals surface area contributed by atoms with Gasteiger partial charge >= 0.3 is 0 Å². The second-order valence-corrected chi connectivity index (χ2v) is 3.18. The molecule has 2 N–H and O–H groups in total. The summed E-state index contributed by atoms with van der Waals surface area (Å²) in [6.07, 6.45) is 3.02. The van der Waals surface area contributed by atoms with E-state index in [0.29, 0.717) is 6.42 Å². The van der Waals surface area contributed by atoms with E-state index in [9.17, 15) is 4.79 Å². The molecule has 0 aromatic carbocycles. The van der Waals surface area contributed by atoms with Crippen molar-refractivity contribution in [3.05, 3.63) is 17.7 Å². The number of carbonyl (C=O) groups is 1. The molecule has 0 aliphatic carbocycles. The lowest BCUT2D eigenvalue weighted by molar-refractivity contribution is -0.118. The van der Waals surface area contributed by atoms with Crippen LogP contribution in [0, 0.1) is 13.8 Å². The van der Waals surface area contributed by atoms with Crippen molar-refractivity contribution in [1.82, 2.24) is 9.55 Å². The van der Waals surface area contributed by atoms with Gasteiger partial charge in [0.15, 0.2) is 0 Å². The molecule has 1 amide bonds. The fourth-order valence-electron chi connectivity index (χ4n) is 1.19. The number of imidazole rings is 1. The molecule has 1 aromatic heterocycles. The minimum atomic E-state index is -0.241. The van der Waals surface area contributed by atoms with Crippen molar-refractivity contribution in [2.75, 3.05) is 0 Å². The highest BCUT2D eigenvalue weighted by Crippen LogP contribution is 2.05. The molecule has 0 radical (unpaired) electrons. The van der Waals surface area contributed by atoms with Gasteiger partial charge in [0.2, 0.25) is 5.91 Å². The largest absolute Gasteiger partial charge is 0.370 e. The maximum atomic E-state index is 10.5. The van der Waals surface area contributed by atoms with Crippen LogP contribution in [0.25, 0.3) is 0 Å². The Balaban J connectivity index is 2.45. The molecule has 0 aliphatic heterocycles. The van der Waals surface area contributed by atoms with Gasteiger partial charge in [0.1, 0.15) is 0 Å². The summed E-state index contributed by atoms with van der Waals surface area (Å²) in [5, 5.41) is 0. The fourth-order valence-corrected chi connectivity index (χ4v) is 1.19. The Hall–Kier alpha value is -1.32. The van der Waals surface area contributed by atoms with Gasteiger partial charge in [-0.3, -0.25) is 4.79 Å². The smallest absolute Gasteiger partial charge is 0.217 e. The number of primary amides is 1. The number of hydrogen-bond acceptors (Lipinski definition) is 2. The molecule has 0 unspecified atom stereocenters. The van der Waals surface area contributed by atoms with Gasteiger partial charge in [0.25, 0.3) is 0 Å². The van der Waals surface area contributed by atoms with E-state index in [4.69, 9.17) is 5.73 Å². The van der Waals surface area contributed by atoms with E-state index in [0.717, 1.165) is 24.4 Å². The minimum absolute atomic E-state index is 0.241. The number of amides is 1. The first-order valence-electron chi connectivity index (χ1n) is 4.38. The van der Waals surface area contributed by atoms with Gasteiger partial charge in [0, 0.05) is 18.7 Å². The van der Waals surface area contributed by atoms with Crippen molar-refractivity contribution in [2.24, 2.45) is 5.73 Å². The molecular weight excluding hydrogens is 166 g/mol. The third kappa shape index (κ3) is 2.57. The van der Waals surface area contributed by atoms with Crippen LogP contribution in [0.5, 0.6) is 0 Å². The summed E-state index contributed by atoms with van der Waals surface area (Å²) in [6, 6.07) is 0. The Bertz CT molecular complexity index is 304. The van der Waals surface area contributed by atoms with Crippen molar-refractivity contribution in [2.45, 2.75) is 33.2 Å². The molecule has 0 spiro atoms. The van der Waals surface area contributed by atoms with Gasteiger partial charge in [-0.15, -0.1) is 0 Å². The van der Waals surface area contributed by atoms with Crippen LogP contribution in [0.4, 0.5) is 0 Å². The van der Waals surface area contributed by atoms with E-state index in [1.54, 1.807) is 6.33 Å². The van der Waals surface area contributed by atoms with Gasteiger partial charge in [-0.25, -0.2) is 4.98 Å². The Morgan fingerprint density at radius 3 is 2.77 bits per heavy atom. The van der Waals surface area contributed by atoms with Crippen molar-refractivity contribution < 1.29 is 4.79 Å². The van der Waals surface area contributed by atoms with Gasteiger partial charge in [-0.2, -0.15) is 0 Å². The summed E-state index contributed by atoms with van der Waals surface area (Å²) >= 11 is 0. The second kappa shape index (κ2) is 4.07. The first-order valence-corrected chi connectivity index (χ1v) is 4.38. The highest BCUT2D eigenvalue weighted by atomic mass is 16.1. The van der Waals surface area contributed by atoms with Crippen LogP contribution in [0.1, 0.15) is 24.2 Å². The summed E-state index contributed by atoms with van der Waals surface area (Å²) in [7, 11) is 0. The van der Waals surface area contributed by atoms with E-state index in [2.05, 4.69) is 4.98 Å². The zero-order chi connectivity index (χ0) is 9.84. The summed E-state index contributed by atoms with van der Waals surface area (Å²) in [5.74, 6) is -0.241. The molecular formula is C9H15N3O. The molecule has 0 saturated heterocycles. The lowest BCUT2D eigenvalue weighted by Crippen LogP contribution is -2.11. The molecule has 4 heteroatoms. The topological polar surface area (TPSA) is 60.9 Å². The van der Waals surface area contributed by atoms with Crippen molar-refractivity contribution in [3.8, 4) is 0 Å². The molecule has 13 heavy (non-hydrogen) atoms. The van der Waals surface area contributed by atoms with E-state index >= 15 is 0 Å². The van der Waals surface area contributed by atoms with E-state index in [1.165, 1.54) is 0 Å². The van der Waals surface area contributed by atoms with Crippen LogP contribution in [0.2, 0.25) is 0 Å². The maximum absolute atomic E-state index is 10.5. The highest BCUT2D eigenvalue weighted by Gasteiger charge is 2.01. The number of hydrogen-bond donors (Lipinski definition) is 1. The molecule has 0 aliphatic rings. The first kappa shape index (κ1) is 9.77. The van der Waals surface area contributed by atoms with E-state index in [-0.39, 0.29) is 5.91 Å². The van der Waals surface area contributed by atoms with Crippen molar-refractivity contribution >= 4 is 5.91 Å². The molecule has 0 saturated carbocycles. The predicted octanol–water partition coefficient (Wildman–Crippen LogP) is 0.765. The minimum Gasteiger partial charge on any atom is -0.370 e. The van der Waals surface area contributed by atoms with Gasteiger partial charge in [-0.05, 0) is 20.3 Å². The molecule has 0 fully saturated rings. The van der Waals surface area contributed by atoms with Crippen LogP contribution in [0.3, 0.4) is 0 Å². The standard InChI is InChI=1S/C9H15N3O/c1-7-8(2)12(6-11-7)5-3-4-9(10)13/h6H,3-5H2,1-2H3,(H2,10,13). The average Bonchev–Trinajstić information content (AvgIpc) is 2.35. The monoisotopic (exact) mass is 181 g/mol. The molecule has 4 nitrogen and oxygen atoms in total. The third-order valence-electron chi connectivity index (χ3n) is 2.17. The predicted molar refractivity (Wildman–Crippen MR) is 50.1 cm³/mol. The molecule has 72 valence electrons. The zero-order valence-electron chi connectivity index (χ0n) is 8.08. The second-order valence-electron chi connectivity index (χ2n) is 3.18. The number of nitrogens with two attached hydrogens (primary N) is 1. The Labute approximate surface area is 77.8 Å². The first-order chi connectivity index (χ1) is 6.11. The lowest BCUT2D eigenvalue weighted by atomic mass is 10.3. The number of nitrogens with zero attached hydrogens (tertiary/aromatic N) is 2.